The molecule has 1 N–H and O–H groups in total. The fourth-order valence-electron chi connectivity index (χ4n) is 3.43. The minimum absolute atomic E-state index is 0.241. The van der Waals surface area contributed by atoms with E-state index in [1.807, 2.05) is 6.92 Å². The Balaban J connectivity index is 1.53. The van der Waals surface area contributed by atoms with Crippen molar-refractivity contribution in [3.8, 4) is 5.75 Å². The van der Waals surface area contributed by atoms with Gasteiger partial charge < -0.3 is 4.74 Å². The van der Waals surface area contributed by atoms with Crippen LogP contribution in [0.4, 0.5) is 0 Å². The Morgan fingerprint density at radius 2 is 1.69 bits per heavy atom. The Bertz CT molecular complexity index is 892. The van der Waals surface area contributed by atoms with Crippen LogP contribution in [0.5, 0.6) is 5.75 Å². The number of benzene rings is 2. The normalized spacial score (nSPS) is 15.2. The lowest BCUT2D eigenvalue weighted by molar-refractivity contribution is -0.123. The van der Waals surface area contributed by atoms with Crippen molar-refractivity contribution in [2.45, 2.75) is 44.9 Å². The Kier molecular flexibility index (Phi) is 7.82. The van der Waals surface area contributed by atoms with Gasteiger partial charge in [-0.15, -0.1) is 0 Å². The molecule has 1 aliphatic carbocycles. The molecule has 0 heterocycles. The van der Waals surface area contributed by atoms with Crippen molar-refractivity contribution >= 4 is 46.4 Å². The lowest BCUT2D eigenvalue weighted by Gasteiger charge is -2.22. The molecule has 3 rings (SSSR count). The molecule has 0 atom stereocenters. The Morgan fingerprint density at radius 1 is 1.03 bits per heavy atom. The van der Waals surface area contributed by atoms with Crippen LogP contribution < -0.4 is 10.2 Å². The van der Waals surface area contributed by atoms with Crippen LogP contribution in [-0.2, 0) is 4.79 Å². The number of halogens is 3. The maximum atomic E-state index is 12.0. The number of nitrogens with zero attached hydrogens (tertiary/aromatic N) is 1. The van der Waals surface area contributed by atoms with E-state index in [1.54, 1.807) is 0 Å². The first-order valence-corrected chi connectivity index (χ1v) is 10.8. The molecule has 2 aromatic rings. The molecule has 4 nitrogen and oxygen atoms in total. The number of ether oxygens (including phenoxy) is 1. The summed E-state index contributed by atoms with van der Waals surface area (Å²) in [5.41, 5.74) is 5.58. The van der Waals surface area contributed by atoms with Gasteiger partial charge >= 0.3 is 0 Å². The summed E-state index contributed by atoms with van der Waals surface area (Å²) >= 11 is 17.8. The summed E-state index contributed by atoms with van der Waals surface area (Å²) in [6.07, 6.45) is 6.51. The molecule has 0 spiro atoms. The van der Waals surface area contributed by atoms with Gasteiger partial charge in [0.15, 0.2) is 6.61 Å². The molecule has 0 bridgehead atoms. The van der Waals surface area contributed by atoms with Gasteiger partial charge in [0, 0.05) is 6.07 Å². The summed E-state index contributed by atoms with van der Waals surface area (Å²) in [7, 11) is 0. The summed E-state index contributed by atoms with van der Waals surface area (Å²) in [4.78, 5) is 12.0. The zero-order valence-corrected chi connectivity index (χ0v) is 18.4. The molecule has 1 amide bonds. The van der Waals surface area contributed by atoms with Crippen molar-refractivity contribution in [3.05, 3.63) is 62.6 Å². The van der Waals surface area contributed by atoms with Crippen LogP contribution in [0, 0.1) is 0 Å². The maximum Gasteiger partial charge on any atom is 0.277 e. The molecule has 0 aromatic heterocycles. The number of hydrazone groups is 1. The van der Waals surface area contributed by atoms with Crippen LogP contribution in [0.2, 0.25) is 15.1 Å². The highest BCUT2D eigenvalue weighted by Gasteiger charge is 2.15. The highest BCUT2D eigenvalue weighted by molar-refractivity contribution is 6.43. The molecule has 154 valence electrons. The van der Waals surface area contributed by atoms with E-state index in [0.717, 1.165) is 11.3 Å². The largest absolute Gasteiger partial charge is 0.482 e. The molecule has 0 aliphatic heterocycles. The van der Waals surface area contributed by atoms with Gasteiger partial charge in [0.25, 0.3) is 5.91 Å². The van der Waals surface area contributed by atoms with E-state index in [2.05, 4.69) is 34.8 Å². The summed E-state index contributed by atoms with van der Waals surface area (Å²) in [6, 6.07) is 11.4. The lowest BCUT2D eigenvalue weighted by Crippen LogP contribution is -2.25. The van der Waals surface area contributed by atoms with Crippen LogP contribution in [0.15, 0.2) is 41.5 Å². The molecule has 0 saturated heterocycles. The fraction of sp³-hybridized carbons (Fsp3) is 0.364. The average Bonchev–Trinajstić information content (AvgIpc) is 2.74. The molecule has 0 radical (unpaired) electrons. The number of rotatable bonds is 6. The molecule has 7 heteroatoms. The monoisotopic (exact) mass is 452 g/mol. The highest BCUT2D eigenvalue weighted by atomic mass is 35.5. The summed E-state index contributed by atoms with van der Waals surface area (Å²) in [5, 5.41) is 5.07. The Morgan fingerprint density at radius 3 is 2.38 bits per heavy atom. The molecule has 1 fully saturated rings. The standard InChI is InChI=1S/C22H23Cl3N2O2/c1-14(15-7-9-17(10-8-15)16-5-3-2-4-6-16)26-27-22(28)13-29-21-12-19(24)18(23)11-20(21)25/h7-12,16H,2-6,13H2,1H3,(H,27,28). The van der Waals surface area contributed by atoms with Gasteiger partial charge in [0.05, 0.1) is 20.8 Å². The van der Waals surface area contributed by atoms with Gasteiger partial charge in [-0.1, -0.05) is 78.3 Å². The predicted octanol–water partition coefficient (Wildman–Crippen LogP) is 6.61. The van der Waals surface area contributed by atoms with E-state index in [1.165, 1.54) is 49.8 Å². The molecular formula is C22H23Cl3N2O2. The van der Waals surface area contributed by atoms with Gasteiger partial charge in [-0.2, -0.15) is 5.10 Å². The zero-order valence-electron chi connectivity index (χ0n) is 16.2. The summed E-state index contributed by atoms with van der Waals surface area (Å²) in [6.45, 7) is 1.61. The third kappa shape index (κ3) is 6.11. The summed E-state index contributed by atoms with van der Waals surface area (Å²) in [5.74, 6) is 0.556. The Labute approximate surface area is 186 Å². The number of hydrogen-bond acceptors (Lipinski definition) is 3. The van der Waals surface area contributed by atoms with E-state index in [0.29, 0.717) is 16.0 Å². The minimum atomic E-state index is -0.398. The quantitative estimate of drug-likeness (QED) is 0.304. The third-order valence-electron chi connectivity index (χ3n) is 5.09. The topological polar surface area (TPSA) is 50.7 Å². The van der Waals surface area contributed by atoms with Crippen molar-refractivity contribution in [2.75, 3.05) is 6.61 Å². The molecule has 2 aromatic carbocycles. The molecule has 1 saturated carbocycles. The second kappa shape index (κ2) is 10.3. The maximum absolute atomic E-state index is 12.0. The summed E-state index contributed by atoms with van der Waals surface area (Å²) < 4.78 is 5.40. The lowest BCUT2D eigenvalue weighted by atomic mass is 9.84. The average molecular weight is 454 g/mol. The van der Waals surface area contributed by atoms with E-state index in [4.69, 9.17) is 39.5 Å². The first-order valence-electron chi connectivity index (χ1n) is 9.65. The van der Waals surface area contributed by atoms with Crippen molar-refractivity contribution in [1.82, 2.24) is 5.43 Å². The minimum Gasteiger partial charge on any atom is -0.482 e. The smallest absolute Gasteiger partial charge is 0.277 e. The van der Waals surface area contributed by atoms with E-state index in [-0.39, 0.29) is 17.4 Å². The van der Waals surface area contributed by atoms with Crippen molar-refractivity contribution in [1.29, 1.82) is 0 Å². The van der Waals surface area contributed by atoms with E-state index in [9.17, 15) is 4.79 Å². The molecular weight excluding hydrogens is 431 g/mol. The molecule has 1 aliphatic rings. The SMILES string of the molecule is CC(=NNC(=O)COc1cc(Cl)c(Cl)cc1Cl)c1ccc(C2CCCCC2)cc1. The van der Waals surface area contributed by atoms with Gasteiger partial charge in [-0.25, -0.2) is 5.43 Å². The Hall–Kier alpha value is -1.75. The number of hydrogen-bond donors (Lipinski definition) is 1. The van der Waals surface area contributed by atoms with Crippen molar-refractivity contribution < 1.29 is 9.53 Å². The number of amides is 1. The van der Waals surface area contributed by atoms with Crippen molar-refractivity contribution in [2.24, 2.45) is 5.10 Å². The number of nitrogens with one attached hydrogen (secondary N) is 1. The number of carbonyl (C=O) groups is 1. The molecule has 29 heavy (non-hydrogen) atoms. The van der Waals surface area contributed by atoms with E-state index < -0.39 is 5.91 Å². The van der Waals surface area contributed by atoms with Crippen LogP contribution in [0.1, 0.15) is 56.1 Å². The van der Waals surface area contributed by atoms with Gasteiger partial charge in [0.1, 0.15) is 5.75 Å². The van der Waals surface area contributed by atoms with Crippen LogP contribution in [0.25, 0.3) is 0 Å². The second-order valence-corrected chi connectivity index (χ2v) is 8.40. The predicted molar refractivity (Wildman–Crippen MR) is 120 cm³/mol. The van der Waals surface area contributed by atoms with Gasteiger partial charge in [0.2, 0.25) is 0 Å². The van der Waals surface area contributed by atoms with Crippen LogP contribution in [0.3, 0.4) is 0 Å². The first-order chi connectivity index (χ1) is 13.9. The number of carbonyl (C=O) groups excluding carboxylic acids is 1. The van der Waals surface area contributed by atoms with Crippen molar-refractivity contribution in [3.63, 3.8) is 0 Å². The van der Waals surface area contributed by atoms with Gasteiger partial charge in [-0.3, -0.25) is 4.79 Å². The highest BCUT2D eigenvalue weighted by Crippen LogP contribution is 2.34. The van der Waals surface area contributed by atoms with Crippen LogP contribution >= 0.6 is 34.8 Å². The first kappa shape index (κ1) is 21.9. The van der Waals surface area contributed by atoms with E-state index >= 15 is 0 Å². The van der Waals surface area contributed by atoms with Crippen LogP contribution in [-0.4, -0.2) is 18.2 Å². The third-order valence-corrected chi connectivity index (χ3v) is 6.10. The second-order valence-electron chi connectivity index (χ2n) is 7.17. The fourth-order valence-corrected chi connectivity index (χ4v) is 4.03. The molecule has 0 unspecified atom stereocenters. The zero-order chi connectivity index (χ0) is 20.8. The van der Waals surface area contributed by atoms with Gasteiger partial charge in [-0.05, 0) is 42.9 Å².